The largest absolute Gasteiger partial charge is 0.385 e. The third-order valence-electron chi connectivity index (χ3n) is 5.55. The lowest BCUT2D eigenvalue weighted by atomic mass is 10.0. The average Bonchev–Trinajstić information content (AvgIpc) is 3.25. The number of carbonyl (C=O) groups excluding carboxylic acids is 1. The third kappa shape index (κ3) is 5.78. The smallest absolute Gasteiger partial charge is 0.230 e. The van der Waals surface area contributed by atoms with Crippen molar-refractivity contribution in [3.05, 3.63) is 77.3 Å². The Bertz CT molecular complexity index is 1280. The van der Waals surface area contributed by atoms with Crippen molar-refractivity contribution in [2.24, 2.45) is 0 Å². The lowest BCUT2D eigenvalue weighted by Gasteiger charge is -2.15. The van der Waals surface area contributed by atoms with Crippen LogP contribution in [-0.4, -0.2) is 40.1 Å². The van der Waals surface area contributed by atoms with Gasteiger partial charge in [0.05, 0.1) is 16.8 Å². The molecule has 3 aromatic carbocycles. The first kappa shape index (κ1) is 24.3. The number of rotatable bonds is 10. The monoisotopic (exact) mass is 494 g/mol. The van der Waals surface area contributed by atoms with Crippen LogP contribution < -0.4 is 5.32 Å². The van der Waals surface area contributed by atoms with Crippen molar-refractivity contribution in [3.63, 3.8) is 0 Å². The Morgan fingerprint density at radius 3 is 2.65 bits per heavy atom. The van der Waals surface area contributed by atoms with Gasteiger partial charge in [-0.15, -0.1) is 10.2 Å². The molecule has 1 N–H and O–H groups in total. The molecule has 0 aliphatic heterocycles. The quantitative estimate of drug-likeness (QED) is 0.224. The van der Waals surface area contributed by atoms with Crippen LogP contribution in [0.2, 0.25) is 5.02 Å². The van der Waals surface area contributed by atoms with Gasteiger partial charge >= 0.3 is 0 Å². The number of nitrogens with zero attached hydrogens (tertiary/aromatic N) is 3. The Balaban J connectivity index is 1.44. The Morgan fingerprint density at radius 2 is 1.85 bits per heavy atom. The number of ether oxygens (including phenoxy) is 1. The molecule has 8 heteroatoms. The number of benzene rings is 3. The molecule has 4 rings (SSSR count). The van der Waals surface area contributed by atoms with E-state index in [4.69, 9.17) is 16.3 Å². The summed E-state index contributed by atoms with van der Waals surface area (Å²) in [6.45, 7) is 3.28. The number of thioether (sulfide) groups is 1. The van der Waals surface area contributed by atoms with Gasteiger partial charge in [-0.1, -0.05) is 71.9 Å². The number of nitrogens with one attached hydrogen (secondary N) is 1. The normalized spacial score (nSPS) is 12.1. The molecule has 1 unspecified atom stereocenters. The number of aromatic nitrogens is 3. The molecule has 1 heterocycles. The van der Waals surface area contributed by atoms with Crippen molar-refractivity contribution in [3.8, 4) is 11.4 Å². The molecule has 0 aliphatic carbocycles. The first-order valence-electron chi connectivity index (χ1n) is 11.1. The number of hydrogen-bond acceptors (Lipinski definition) is 5. The maximum absolute atomic E-state index is 12.7. The van der Waals surface area contributed by atoms with Crippen LogP contribution in [0.3, 0.4) is 0 Å². The molecule has 0 aliphatic rings. The van der Waals surface area contributed by atoms with Gasteiger partial charge in [-0.25, -0.2) is 0 Å². The molecular weight excluding hydrogens is 468 g/mol. The molecule has 0 radical (unpaired) electrons. The highest BCUT2D eigenvalue weighted by atomic mass is 35.5. The molecule has 0 bridgehead atoms. The zero-order valence-electron chi connectivity index (χ0n) is 19.2. The van der Waals surface area contributed by atoms with Gasteiger partial charge in [-0.05, 0) is 47.9 Å². The van der Waals surface area contributed by atoms with Crippen molar-refractivity contribution >= 4 is 40.0 Å². The molecule has 1 atom stereocenters. The van der Waals surface area contributed by atoms with Gasteiger partial charge in [-0.2, -0.15) is 0 Å². The van der Waals surface area contributed by atoms with Crippen LogP contribution in [0.25, 0.3) is 22.2 Å². The second kappa shape index (κ2) is 11.5. The van der Waals surface area contributed by atoms with Crippen molar-refractivity contribution in [1.82, 2.24) is 20.1 Å². The molecular formula is C26H27ClN4O2S. The number of fused-ring (bicyclic) bond motifs is 1. The van der Waals surface area contributed by atoms with Crippen LogP contribution in [0, 0.1) is 0 Å². The summed E-state index contributed by atoms with van der Waals surface area (Å²) in [6.07, 6.45) is 0.796. The predicted octanol–water partition coefficient (Wildman–Crippen LogP) is 5.76. The van der Waals surface area contributed by atoms with Crippen molar-refractivity contribution in [2.75, 3.05) is 19.5 Å². The molecule has 0 spiro atoms. The molecule has 34 heavy (non-hydrogen) atoms. The maximum Gasteiger partial charge on any atom is 0.230 e. The molecule has 0 saturated heterocycles. The van der Waals surface area contributed by atoms with Gasteiger partial charge in [0.15, 0.2) is 11.0 Å². The summed E-state index contributed by atoms with van der Waals surface area (Å²) in [4.78, 5) is 12.7. The molecule has 6 nitrogen and oxygen atoms in total. The zero-order chi connectivity index (χ0) is 23.9. The standard InChI is InChI=1S/C26H27ClN4O2S/c1-18(20-13-12-19-8-3-4-9-21(19)16-20)28-24(32)17-34-26-30-29-25(31(26)14-7-15-33-2)22-10-5-6-11-23(22)27/h3-6,8-13,16,18H,7,14-15,17H2,1-2H3,(H,28,32). The maximum atomic E-state index is 12.7. The van der Waals surface area contributed by atoms with E-state index in [-0.39, 0.29) is 17.7 Å². The van der Waals surface area contributed by atoms with Gasteiger partial charge in [0.1, 0.15) is 0 Å². The highest BCUT2D eigenvalue weighted by Gasteiger charge is 2.18. The number of carbonyl (C=O) groups is 1. The number of amides is 1. The first-order chi connectivity index (χ1) is 16.6. The number of halogens is 1. The molecule has 4 aromatic rings. The Kier molecular flexibility index (Phi) is 8.21. The highest BCUT2D eigenvalue weighted by molar-refractivity contribution is 7.99. The minimum Gasteiger partial charge on any atom is -0.385 e. The highest BCUT2D eigenvalue weighted by Crippen LogP contribution is 2.29. The van der Waals surface area contributed by atoms with Crippen LogP contribution in [0.4, 0.5) is 0 Å². The summed E-state index contributed by atoms with van der Waals surface area (Å²) in [5, 5.41) is 15.5. The van der Waals surface area contributed by atoms with Crippen LogP contribution in [0.5, 0.6) is 0 Å². The Labute approximate surface area is 208 Å². The van der Waals surface area contributed by atoms with Crippen LogP contribution in [0.1, 0.15) is 24.9 Å². The van der Waals surface area contributed by atoms with E-state index in [2.05, 4.69) is 45.8 Å². The molecule has 176 valence electrons. The molecule has 0 fully saturated rings. The summed E-state index contributed by atoms with van der Waals surface area (Å²) in [6, 6.07) is 21.9. The second-order valence-corrected chi connectivity index (χ2v) is 9.32. The zero-order valence-corrected chi connectivity index (χ0v) is 20.8. The molecule has 1 amide bonds. The SMILES string of the molecule is COCCCn1c(SCC(=O)NC(C)c2ccc3ccccc3c2)nnc1-c1ccccc1Cl. The summed E-state index contributed by atoms with van der Waals surface area (Å²) in [5.74, 6) is 0.869. The van der Waals surface area contributed by atoms with Gasteiger partial charge in [0.2, 0.25) is 5.91 Å². The van der Waals surface area contributed by atoms with Crippen LogP contribution >= 0.6 is 23.4 Å². The lowest BCUT2D eigenvalue weighted by Crippen LogP contribution is -2.28. The van der Waals surface area contributed by atoms with Crippen molar-refractivity contribution in [2.45, 2.75) is 31.1 Å². The Morgan fingerprint density at radius 1 is 1.09 bits per heavy atom. The molecule has 0 saturated carbocycles. The fourth-order valence-electron chi connectivity index (χ4n) is 3.78. The van der Waals surface area contributed by atoms with Gasteiger partial charge < -0.3 is 14.6 Å². The minimum atomic E-state index is -0.101. The van der Waals surface area contributed by atoms with E-state index in [0.29, 0.717) is 29.2 Å². The number of methoxy groups -OCH3 is 1. The van der Waals surface area contributed by atoms with Gasteiger partial charge in [0, 0.05) is 25.8 Å². The third-order valence-corrected chi connectivity index (χ3v) is 6.84. The van der Waals surface area contributed by atoms with Crippen molar-refractivity contribution < 1.29 is 9.53 Å². The predicted molar refractivity (Wildman–Crippen MR) is 138 cm³/mol. The summed E-state index contributed by atoms with van der Waals surface area (Å²) >= 11 is 7.77. The average molecular weight is 495 g/mol. The minimum absolute atomic E-state index is 0.0589. The van der Waals surface area contributed by atoms with E-state index in [9.17, 15) is 4.79 Å². The van der Waals surface area contributed by atoms with Crippen molar-refractivity contribution in [1.29, 1.82) is 0 Å². The van der Waals surface area contributed by atoms with E-state index < -0.39 is 0 Å². The molecule has 1 aromatic heterocycles. The second-order valence-electron chi connectivity index (χ2n) is 7.97. The Hall–Kier alpha value is -2.87. The van der Waals surface area contributed by atoms with Gasteiger partial charge in [-0.3, -0.25) is 4.79 Å². The summed E-state index contributed by atoms with van der Waals surface area (Å²) in [5.41, 5.74) is 1.89. The first-order valence-corrected chi connectivity index (χ1v) is 12.5. The van der Waals surface area contributed by atoms with Crippen LogP contribution in [-0.2, 0) is 16.1 Å². The van der Waals surface area contributed by atoms with E-state index in [1.165, 1.54) is 17.1 Å². The fourth-order valence-corrected chi connectivity index (χ4v) is 4.78. The van der Waals surface area contributed by atoms with E-state index in [1.807, 2.05) is 47.9 Å². The summed E-state index contributed by atoms with van der Waals surface area (Å²) < 4.78 is 7.21. The topological polar surface area (TPSA) is 69.0 Å². The summed E-state index contributed by atoms with van der Waals surface area (Å²) in [7, 11) is 1.68. The van der Waals surface area contributed by atoms with Gasteiger partial charge in [0.25, 0.3) is 0 Å². The van der Waals surface area contributed by atoms with E-state index >= 15 is 0 Å². The number of hydrogen-bond donors (Lipinski definition) is 1. The lowest BCUT2D eigenvalue weighted by molar-refractivity contribution is -0.119. The fraction of sp³-hybridized carbons (Fsp3) is 0.269. The van der Waals surface area contributed by atoms with E-state index in [0.717, 1.165) is 22.9 Å². The van der Waals surface area contributed by atoms with Crippen LogP contribution in [0.15, 0.2) is 71.9 Å². The van der Waals surface area contributed by atoms with E-state index in [1.54, 1.807) is 7.11 Å².